The Balaban J connectivity index is 1.11. The summed E-state index contributed by atoms with van der Waals surface area (Å²) >= 11 is 7.93. The van der Waals surface area contributed by atoms with Crippen LogP contribution in [0, 0.1) is 6.92 Å². The van der Waals surface area contributed by atoms with E-state index in [1.54, 1.807) is 5.38 Å². The Labute approximate surface area is 190 Å². The molecule has 0 aliphatic carbocycles. The van der Waals surface area contributed by atoms with E-state index in [1.807, 2.05) is 19.1 Å². The van der Waals surface area contributed by atoms with Crippen LogP contribution in [0.5, 0.6) is 11.5 Å². The Hall–Kier alpha value is -1.87. The van der Waals surface area contributed by atoms with Gasteiger partial charge in [-0.3, -0.25) is 9.69 Å². The number of carbonyl (C=O) groups is 1. The number of aryl methyl sites for hydroxylation is 1. The number of aromatic nitrogens is 1. The molecule has 1 aromatic carbocycles. The molecule has 2 saturated heterocycles. The van der Waals surface area contributed by atoms with Crippen molar-refractivity contribution >= 4 is 28.8 Å². The SMILES string of the molecule is Cc1nc(C(=O)NCC2CCC3(CCN(Cc4cc5c(cc4Cl)OCO5)CC3)O2)cs1. The summed E-state index contributed by atoms with van der Waals surface area (Å²) in [6, 6.07) is 3.83. The quantitative estimate of drug-likeness (QED) is 0.727. The van der Waals surface area contributed by atoms with Gasteiger partial charge in [-0.25, -0.2) is 4.98 Å². The first-order valence-electron chi connectivity index (χ1n) is 10.7. The van der Waals surface area contributed by atoms with Gasteiger partial charge in [0.25, 0.3) is 5.91 Å². The predicted octanol–water partition coefficient (Wildman–Crippen LogP) is 3.78. The van der Waals surface area contributed by atoms with Gasteiger partial charge in [-0.1, -0.05) is 11.6 Å². The second-order valence-electron chi connectivity index (χ2n) is 8.50. The molecular weight excluding hydrogens is 438 g/mol. The fraction of sp³-hybridized carbons (Fsp3) is 0.545. The second kappa shape index (κ2) is 8.58. The molecule has 1 aromatic heterocycles. The summed E-state index contributed by atoms with van der Waals surface area (Å²) in [6.07, 6.45) is 4.07. The van der Waals surface area contributed by atoms with Gasteiger partial charge < -0.3 is 19.5 Å². The summed E-state index contributed by atoms with van der Waals surface area (Å²) in [5.74, 6) is 1.36. The molecule has 0 bridgehead atoms. The van der Waals surface area contributed by atoms with Crippen LogP contribution in [0.3, 0.4) is 0 Å². The lowest BCUT2D eigenvalue weighted by Gasteiger charge is -2.39. The average Bonchev–Trinajstić information content (AvgIpc) is 3.49. The number of nitrogens with one attached hydrogen (secondary N) is 1. The van der Waals surface area contributed by atoms with E-state index >= 15 is 0 Å². The molecule has 3 aliphatic heterocycles. The molecule has 166 valence electrons. The molecule has 0 radical (unpaired) electrons. The Morgan fingerprint density at radius 1 is 1.29 bits per heavy atom. The highest BCUT2D eigenvalue weighted by atomic mass is 35.5. The molecule has 2 aromatic rings. The highest BCUT2D eigenvalue weighted by Crippen LogP contribution is 2.40. The van der Waals surface area contributed by atoms with E-state index in [9.17, 15) is 4.79 Å². The summed E-state index contributed by atoms with van der Waals surface area (Å²) in [5, 5.41) is 6.39. The van der Waals surface area contributed by atoms with Gasteiger partial charge in [0.1, 0.15) is 5.69 Å². The number of amides is 1. The average molecular weight is 464 g/mol. The van der Waals surface area contributed by atoms with Crippen LogP contribution < -0.4 is 14.8 Å². The summed E-state index contributed by atoms with van der Waals surface area (Å²) in [7, 11) is 0. The maximum Gasteiger partial charge on any atom is 0.270 e. The Morgan fingerprint density at radius 2 is 2.06 bits per heavy atom. The van der Waals surface area contributed by atoms with E-state index in [4.69, 9.17) is 25.8 Å². The van der Waals surface area contributed by atoms with E-state index in [-0.39, 0.29) is 24.4 Å². The Kier molecular flexibility index (Phi) is 5.81. The van der Waals surface area contributed by atoms with Crippen LogP contribution in [0.2, 0.25) is 5.02 Å². The molecule has 2 fully saturated rings. The number of piperidine rings is 1. The van der Waals surface area contributed by atoms with Crippen molar-refractivity contribution in [3.05, 3.63) is 38.8 Å². The number of halogens is 1. The molecular formula is C22H26ClN3O4S. The molecule has 1 unspecified atom stereocenters. The van der Waals surface area contributed by atoms with Crippen molar-refractivity contribution in [1.29, 1.82) is 0 Å². The molecule has 9 heteroatoms. The van der Waals surface area contributed by atoms with Gasteiger partial charge in [0.15, 0.2) is 11.5 Å². The van der Waals surface area contributed by atoms with Gasteiger partial charge in [-0.05, 0) is 44.2 Å². The minimum atomic E-state index is -0.121. The number of rotatable bonds is 5. The number of ether oxygens (including phenoxy) is 3. The molecule has 1 amide bonds. The van der Waals surface area contributed by atoms with Gasteiger partial charge >= 0.3 is 0 Å². The summed E-state index contributed by atoms with van der Waals surface area (Å²) in [4.78, 5) is 18.9. The fourth-order valence-corrected chi connectivity index (χ4v) is 5.42. The number of hydrogen-bond acceptors (Lipinski definition) is 7. The van der Waals surface area contributed by atoms with Gasteiger partial charge in [0.05, 0.1) is 16.7 Å². The van der Waals surface area contributed by atoms with Crippen molar-refractivity contribution in [2.75, 3.05) is 26.4 Å². The largest absolute Gasteiger partial charge is 0.454 e. The Morgan fingerprint density at radius 3 is 2.81 bits per heavy atom. The van der Waals surface area contributed by atoms with Crippen LogP contribution in [0.25, 0.3) is 0 Å². The van der Waals surface area contributed by atoms with Crippen molar-refractivity contribution in [3.8, 4) is 11.5 Å². The highest BCUT2D eigenvalue weighted by molar-refractivity contribution is 7.09. The third kappa shape index (κ3) is 4.53. The van der Waals surface area contributed by atoms with Crippen molar-refractivity contribution in [2.45, 2.75) is 50.9 Å². The van der Waals surface area contributed by atoms with E-state index in [0.29, 0.717) is 23.0 Å². The second-order valence-corrected chi connectivity index (χ2v) is 9.97. The predicted molar refractivity (Wildman–Crippen MR) is 118 cm³/mol. The molecule has 1 N–H and O–H groups in total. The monoisotopic (exact) mass is 463 g/mol. The summed E-state index contributed by atoms with van der Waals surface area (Å²) in [5.41, 5.74) is 1.49. The lowest BCUT2D eigenvalue weighted by molar-refractivity contribution is -0.0764. The van der Waals surface area contributed by atoms with E-state index < -0.39 is 0 Å². The first-order chi connectivity index (χ1) is 15.0. The van der Waals surface area contributed by atoms with Crippen LogP contribution in [-0.4, -0.2) is 53.9 Å². The van der Waals surface area contributed by atoms with Gasteiger partial charge in [-0.2, -0.15) is 0 Å². The molecule has 31 heavy (non-hydrogen) atoms. The van der Waals surface area contributed by atoms with Crippen LogP contribution >= 0.6 is 22.9 Å². The molecule has 4 heterocycles. The minimum absolute atomic E-state index is 0.0677. The Bertz CT molecular complexity index is 974. The third-order valence-electron chi connectivity index (χ3n) is 6.38. The van der Waals surface area contributed by atoms with E-state index in [2.05, 4.69) is 15.2 Å². The van der Waals surface area contributed by atoms with Gasteiger partial charge in [-0.15, -0.1) is 11.3 Å². The fourth-order valence-electron chi connectivity index (χ4n) is 4.61. The van der Waals surface area contributed by atoms with Gasteiger partial charge in [0, 0.05) is 42.6 Å². The molecule has 0 saturated carbocycles. The van der Waals surface area contributed by atoms with Crippen molar-refractivity contribution in [1.82, 2.24) is 15.2 Å². The number of hydrogen-bond donors (Lipinski definition) is 1. The lowest BCUT2D eigenvalue weighted by atomic mass is 9.88. The van der Waals surface area contributed by atoms with Gasteiger partial charge in [0.2, 0.25) is 6.79 Å². The zero-order chi connectivity index (χ0) is 21.4. The van der Waals surface area contributed by atoms with E-state index in [0.717, 1.165) is 61.6 Å². The number of likely N-dealkylation sites (tertiary alicyclic amines) is 1. The first-order valence-corrected chi connectivity index (χ1v) is 11.9. The number of fused-ring (bicyclic) bond motifs is 1. The molecule has 1 atom stereocenters. The zero-order valence-electron chi connectivity index (χ0n) is 17.5. The van der Waals surface area contributed by atoms with Crippen molar-refractivity contribution < 1.29 is 19.0 Å². The lowest BCUT2D eigenvalue weighted by Crippen LogP contribution is -2.44. The zero-order valence-corrected chi connectivity index (χ0v) is 19.1. The number of thiazole rings is 1. The minimum Gasteiger partial charge on any atom is -0.454 e. The topological polar surface area (TPSA) is 72.9 Å². The third-order valence-corrected chi connectivity index (χ3v) is 7.51. The normalized spacial score (nSPS) is 22.2. The van der Waals surface area contributed by atoms with Crippen molar-refractivity contribution in [3.63, 3.8) is 0 Å². The molecule has 7 nitrogen and oxygen atoms in total. The van der Waals surface area contributed by atoms with Crippen LogP contribution in [0.1, 0.15) is 46.7 Å². The smallest absolute Gasteiger partial charge is 0.270 e. The van der Waals surface area contributed by atoms with Crippen LogP contribution in [0.4, 0.5) is 0 Å². The summed E-state index contributed by atoms with van der Waals surface area (Å²) < 4.78 is 17.3. The highest BCUT2D eigenvalue weighted by Gasteiger charge is 2.42. The molecule has 3 aliphatic rings. The number of nitrogens with zero attached hydrogens (tertiary/aromatic N) is 2. The maximum atomic E-state index is 12.2. The summed E-state index contributed by atoms with van der Waals surface area (Å²) in [6.45, 7) is 5.40. The van der Waals surface area contributed by atoms with Crippen molar-refractivity contribution in [2.24, 2.45) is 0 Å². The number of carbonyl (C=O) groups excluding carboxylic acids is 1. The van der Waals surface area contributed by atoms with Crippen LogP contribution in [-0.2, 0) is 11.3 Å². The number of benzene rings is 1. The van der Waals surface area contributed by atoms with Crippen LogP contribution in [0.15, 0.2) is 17.5 Å². The molecule has 1 spiro atoms. The van der Waals surface area contributed by atoms with E-state index in [1.165, 1.54) is 11.3 Å². The standard InChI is InChI=1S/C22H26ClN3O4S/c1-14-25-18(12-31-14)21(27)24-10-16-2-3-22(30-16)4-6-26(7-5-22)11-15-8-19-20(9-17(15)23)29-13-28-19/h8-9,12,16H,2-7,10-11,13H2,1H3,(H,24,27). The maximum absolute atomic E-state index is 12.2. The molecule has 5 rings (SSSR count). The first kappa shape index (κ1) is 21.0.